The van der Waals surface area contributed by atoms with E-state index in [2.05, 4.69) is 0 Å². The smallest absolute Gasteiger partial charge is 0.410 e. The van der Waals surface area contributed by atoms with Crippen LogP contribution in [0.25, 0.3) is 0 Å². The summed E-state index contributed by atoms with van der Waals surface area (Å²) in [6.45, 7) is 1.44. The summed E-state index contributed by atoms with van der Waals surface area (Å²) in [5.41, 5.74) is 5.86. The molecular weight excluding hydrogens is 276 g/mol. The highest BCUT2D eigenvalue weighted by Gasteiger charge is 2.50. The van der Waals surface area contributed by atoms with E-state index in [0.29, 0.717) is 18.4 Å². The molecular formula is C15H25ClN2O2. The van der Waals surface area contributed by atoms with Crippen molar-refractivity contribution in [3.63, 3.8) is 0 Å². The van der Waals surface area contributed by atoms with Crippen LogP contribution in [0.1, 0.15) is 38.5 Å². The molecule has 1 saturated heterocycles. The highest BCUT2D eigenvalue weighted by Crippen LogP contribution is 2.54. The molecule has 1 atom stereocenters. The normalized spacial score (nSPS) is 45.4. The fraction of sp³-hybridized carbons (Fsp3) is 0.933. The number of hydrogen-bond acceptors (Lipinski definition) is 3. The van der Waals surface area contributed by atoms with Gasteiger partial charge < -0.3 is 15.4 Å². The van der Waals surface area contributed by atoms with Crippen molar-refractivity contribution in [1.82, 2.24) is 4.90 Å². The summed E-state index contributed by atoms with van der Waals surface area (Å²) >= 11 is 0. The molecule has 0 spiro atoms. The molecule has 4 nitrogen and oxygen atoms in total. The van der Waals surface area contributed by atoms with Crippen molar-refractivity contribution in [3.8, 4) is 0 Å². The summed E-state index contributed by atoms with van der Waals surface area (Å²) in [5, 5.41) is 0. The SMILES string of the molecule is Cl.NC1CCN(C(=O)OC2C3CC4CC(C3)CC2C4)C1. The molecule has 1 amide bonds. The number of rotatable bonds is 1. The van der Waals surface area contributed by atoms with Crippen LogP contribution in [0.4, 0.5) is 4.79 Å². The van der Waals surface area contributed by atoms with E-state index < -0.39 is 0 Å². The van der Waals surface area contributed by atoms with Crippen molar-refractivity contribution in [2.24, 2.45) is 29.4 Å². The Morgan fingerprint density at radius 2 is 1.65 bits per heavy atom. The number of nitrogens with zero attached hydrogens (tertiary/aromatic N) is 1. The second kappa shape index (κ2) is 5.38. The zero-order valence-corrected chi connectivity index (χ0v) is 12.7. The molecule has 1 heterocycles. The van der Waals surface area contributed by atoms with E-state index in [0.717, 1.165) is 24.8 Å². The molecule has 5 aliphatic rings. The molecule has 5 fully saturated rings. The summed E-state index contributed by atoms with van der Waals surface area (Å²) in [4.78, 5) is 14.0. The molecule has 5 rings (SSSR count). The van der Waals surface area contributed by atoms with Gasteiger partial charge in [0.05, 0.1) is 0 Å². The van der Waals surface area contributed by atoms with Gasteiger partial charge in [-0.15, -0.1) is 12.4 Å². The summed E-state index contributed by atoms with van der Waals surface area (Å²) in [5.74, 6) is 3.16. The molecule has 20 heavy (non-hydrogen) atoms. The first-order valence-corrected chi connectivity index (χ1v) is 7.90. The molecule has 1 unspecified atom stereocenters. The molecule has 114 valence electrons. The second-order valence-corrected chi connectivity index (χ2v) is 7.27. The Kier molecular flexibility index (Phi) is 3.89. The first-order chi connectivity index (χ1) is 9.19. The van der Waals surface area contributed by atoms with Crippen LogP contribution in [0.3, 0.4) is 0 Å². The lowest BCUT2D eigenvalue weighted by Gasteiger charge is -2.53. The zero-order valence-electron chi connectivity index (χ0n) is 11.9. The summed E-state index contributed by atoms with van der Waals surface area (Å²) in [6.07, 6.45) is 7.64. The molecule has 0 aromatic heterocycles. The van der Waals surface area contributed by atoms with Crippen molar-refractivity contribution in [3.05, 3.63) is 0 Å². The van der Waals surface area contributed by atoms with Crippen LogP contribution < -0.4 is 5.73 Å². The van der Waals surface area contributed by atoms with Gasteiger partial charge in [0.1, 0.15) is 6.10 Å². The first-order valence-electron chi connectivity index (χ1n) is 7.90. The number of carbonyl (C=O) groups excluding carboxylic acids is 1. The van der Waals surface area contributed by atoms with Gasteiger partial charge in [0, 0.05) is 19.1 Å². The van der Waals surface area contributed by atoms with Crippen LogP contribution >= 0.6 is 12.4 Å². The number of carbonyl (C=O) groups is 1. The predicted octanol–water partition coefficient (Wildman–Crippen LogP) is 2.40. The highest BCUT2D eigenvalue weighted by molar-refractivity contribution is 5.85. The van der Waals surface area contributed by atoms with Gasteiger partial charge in [0.25, 0.3) is 0 Å². The molecule has 4 saturated carbocycles. The third-order valence-corrected chi connectivity index (χ3v) is 5.86. The Bertz CT molecular complexity index is 362. The van der Waals surface area contributed by atoms with Crippen LogP contribution in [0.2, 0.25) is 0 Å². The average molecular weight is 301 g/mol. The fourth-order valence-corrected chi connectivity index (χ4v) is 5.21. The van der Waals surface area contributed by atoms with E-state index in [4.69, 9.17) is 10.5 Å². The van der Waals surface area contributed by atoms with Crippen molar-refractivity contribution in [1.29, 1.82) is 0 Å². The third-order valence-electron chi connectivity index (χ3n) is 5.86. The molecule has 1 aliphatic heterocycles. The summed E-state index contributed by atoms with van der Waals surface area (Å²) in [6, 6.07) is 0.144. The van der Waals surface area contributed by atoms with Crippen molar-refractivity contribution >= 4 is 18.5 Å². The average Bonchev–Trinajstić information content (AvgIpc) is 2.79. The minimum atomic E-state index is -0.106. The number of amides is 1. The van der Waals surface area contributed by atoms with Crippen LogP contribution in [0.5, 0.6) is 0 Å². The number of ether oxygens (including phenoxy) is 1. The lowest BCUT2D eigenvalue weighted by atomic mass is 9.55. The Labute approximate surface area is 126 Å². The van der Waals surface area contributed by atoms with E-state index in [-0.39, 0.29) is 30.6 Å². The standard InChI is InChI=1S/C15H24N2O2.ClH/c16-13-1-2-17(8-13)15(18)19-14-11-4-9-3-10(6-11)7-12(14)5-9;/h9-14H,1-8,16H2;1H. The van der Waals surface area contributed by atoms with Crippen molar-refractivity contribution in [2.45, 2.75) is 50.7 Å². The van der Waals surface area contributed by atoms with Gasteiger partial charge in [-0.2, -0.15) is 0 Å². The first kappa shape index (κ1) is 14.5. The minimum Gasteiger partial charge on any atom is -0.446 e. The van der Waals surface area contributed by atoms with Gasteiger partial charge in [-0.3, -0.25) is 0 Å². The maximum atomic E-state index is 12.2. The van der Waals surface area contributed by atoms with Crippen LogP contribution in [0, 0.1) is 23.7 Å². The largest absolute Gasteiger partial charge is 0.446 e. The maximum absolute atomic E-state index is 12.2. The third kappa shape index (κ3) is 2.41. The monoisotopic (exact) mass is 300 g/mol. The maximum Gasteiger partial charge on any atom is 0.410 e. The van der Waals surface area contributed by atoms with Crippen molar-refractivity contribution in [2.75, 3.05) is 13.1 Å². The van der Waals surface area contributed by atoms with E-state index >= 15 is 0 Å². The van der Waals surface area contributed by atoms with E-state index in [1.165, 1.54) is 32.1 Å². The summed E-state index contributed by atoms with van der Waals surface area (Å²) in [7, 11) is 0. The van der Waals surface area contributed by atoms with Crippen molar-refractivity contribution < 1.29 is 9.53 Å². The van der Waals surface area contributed by atoms with Gasteiger partial charge in [0.2, 0.25) is 0 Å². The summed E-state index contributed by atoms with van der Waals surface area (Å²) < 4.78 is 5.89. The van der Waals surface area contributed by atoms with Crippen LogP contribution in [0.15, 0.2) is 0 Å². The molecule has 0 aromatic carbocycles. The number of hydrogen-bond donors (Lipinski definition) is 1. The Morgan fingerprint density at radius 3 is 2.15 bits per heavy atom. The molecule has 4 bridgehead atoms. The minimum absolute atomic E-state index is 0. The number of halogens is 1. The van der Waals surface area contributed by atoms with Crippen LogP contribution in [-0.2, 0) is 4.74 Å². The fourth-order valence-electron chi connectivity index (χ4n) is 5.21. The lowest BCUT2D eigenvalue weighted by Crippen LogP contribution is -2.51. The van der Waals surface area contributed by atoms with Gasteiger partial charge in [-0.25, -0.2) is 4.79 Å². The second-order valence-electron chi connectivity index (χ2n) is 7.27. The highest BCUT2D eigenvalue weighted by atomic mass is 35.5. The molecule has 5 heteroatoms. The Hall–Kier alpha value is -0.480. The van der Waals surface area contributed by atoms with Gasteiger partial charge in [-0.05, 0) is 62.2 Å². The Morgan fingerprint density at radius 1 is 1.05 bits per heavy atom. The quantitative estimate of drug-likeness (QED) is 0.809. The number of nitrogens with two attached hydrogens (primary N) is 1. The van der Waals surface area contributed by atoms with Gasteiger partial charge in [0.15, 0.2) is 0 Å². The molecule has 2 N–H and O–H groups in total. The van der Waals surface area contributed by atoms with E-state index in [9.17, 15) is 4.79 Å². The molecule has 0 radical (unpaired) electrons. The lowest BCUT2D eigenvalue weighted by molar-refractivity contribution is -0.101. The van der Waals surface area contributed by atoms with Crippen LogP contribution in [-0.4, -0.2) is 36.2 Å². The molecule has 4 aliphatic carbocycles. The van der Waals surface area contributed by atoms with Gasteiger partial charge >= 0.3 is 6.09 Å². The van der Waals surface area contributed by atoms with Gasteiger partial charge in [-0.1, -0.05) is 0 Å². The molecule has 0 aromatic rings. The van der Waals surface area contributed by atoms with E-state index in [1.807, 2.05) is 0 Å². The topological polar surface area (TPSA) is 55.6 Å². The predicted molar refractivity (Wildman–Crippen MR) is 78.7 cm³/mol. The zero-order chi connectivity index (χ0) is 13.0. The number of likely N-dealkylation sites (tertiary alicyclic amines) is 1. The van der Waals surface area contributed by atoms with E-state index in [1.54, 1.807) is 4.90 Å². The Balaban J connectivity index is 0.00000121.